The maximum Gasteiger partial charge on any atom is 0.366 e. The van der Waals surface area contributed by atoms with E-state index in [9.17, 15) is 9.59 Å². The van der Waals surface area contributed by atoms with Gasteiger partial charge in [-0.1, -0.05) is 48.4 Å². The van der Waals surface area contributed by atoms with Crippen molar-refractivity contribution in [3.8, 4) is 0 Å². The number of halogens is 1. The van der Waals surface area contributed by atoms with Gasteiger partial charge in [0.1, 0.15) is 0 Å². The minimum absolute atomic E-state index is 0.0187. The minimum Gasteiger partial charge on any atom is -0.465 e. The van der Waals surface area contributed by atoms with Gasteiger partial charge in [0.2, 0.25) is 0 Å². The highest BCUT2D eigenvalue weighted by Gasteiger charge is 2.60. The summed E-state index contributed by atoms with van der Waals surface area (Å²) in [4.78, 5) is 24.4. The van der Waals surface area contributed by atoms with Gasteiger partial charge in [0.05, 0.1) is 13.0 Å². The van der Waals surface area contributed by atoms with E-state index in [1.807, 2.05) is 30.3 Å². The third-order valence-corrected chi connectivity index (χ3v) is 5.11. The lowest BCUT2D eigenvalue weighted by molar-refractivity contribution is -0.187. The Labute approximate surface area is 128 Å². The van der Waals surface area contributed by atoms with Crippen LogP contribution in [0, 0.1) is 11.8 Å². The van der Waals surface area contributed by atoms with Gasteiger partial charge < -0.3 is 9.47 Å². The van der Waals surface area contributed by atoms with E-state index < -0.39 is 17.0 Å². The molecule has 0 spiro atoms. The fraction of sp³-hybridized carbons (Fsp3) is 0.500. The predicted molar refractivity (Wildman–Crippen MR) is 76.7 cm³/mol. The normalized spacial score (nSPS) is 35.0. The van der Waals surface area contributed by atoms with Crippen molar-refractivity contribution in [2.75, 3.05) is 7.11 Å². The smallest absolute Gasteiger partial charge is 0.366 e. The zero-order chi connectivity index (χ0) is 15.0. The zero-order valence-corrected chi connectivity index (χ0v) is 12.5. The van der Waals surface area contributed by atoms with Crippen LogP contribution in [0.2, 0.25) is 0 Å². The number of ether oxygens (including phenoxy) is 2. The number of carbonyl (C=O) groups is 2. The number of cyclic esters (lactones) is 1. The summed E-state index contributed by atoms with van der Waals surface area (Å²) in [6, 6.07) is 9.54. The number of esters is 2. The molecule has 3 rings (SSSR count). The molecule has 0 aromatic heterocycles. The summed E-state index contributed by atoms with van der Waals surface area (Å²) in [7, 11) is 1.26. The quantitative estimate of drug-likeness (QED) is 0.623. The molecule has 4 nitrogen and oxygen atoms in total. The summed E-state index contributed by atoms with van der Waals surface area (Å²) < 4.78 is 10.1. The molecular formula is C16H17ClO4. The van der Waals surface area contributed by atoms with Gasteiger partial charge >= 0.3 is 11.9 Å². The lowest BCUT2D eigenvalue weighted by atomic mass is 9.75. The standard InChI is InChI=1S/C16H17ClO4/c1-20-15(19)16(17)12-9-5-8-11(12)13(14(18)21-16)10-6-3-2-4-7-10/h2-4,6-7,11-13H,5,8-9H2,1H3/t11-,12+,13+,16?/m0/s1. The second-order valence-corrected chi connectivity index (χ2v) is 6.21. The van der Waals surface area contributed by atoms with Crippen LogP contribution in [-0.4, -0.2) is 24.1 Å². The lowest BCUT2D eigenvalue weighted by Gasteiger charge is -2.41. The third kappa shape index (κ3) is 2.22. The van der Waals surface area contributed by atoms with Crippen LogP contribution in [0.4, 0.5) is 0 Å². The Bertz CT molecular complexity index is 559. The zero-order valence-electron chi connectivity index (χ0n) is 11.8. The van der Waals surface area contributed by atoms with E-state index >= 15 is 0 Å². The van der Waals surface area contributed by atoms with Crippen molar-refractivity contribution in [1.29, 1.82) is 0 Å². The summed E-state index contributed by atoms with van der Waals surface area (Å²) in [6.45, 7) is 0. The van der Waals surface area contributed by atoms with E-state index in [1.54, 1.807) is 0 Å². The van der Waals surface area contributed by atoms with Crippen molar-refractivity contribution in [1.82, 2.24) is 0 Å². The highest BCUT2D eigenvalue weighted by atomic mass is 35.5. The van der Waals surface area contributed by atoms with Gasteiger partial charge in [0.25, 0.3) is 5.06 Å². The molecule has 4 atom stereocenters. The first-order chi connectivity index (χ1) is 10.1. The first-order valence-corrected chi connectivity index (χ1v) is 7.51. The molecule has 2 aliphatic rings. The van der Waals surface area contributed by atoms with Crippen LogP contribution in [-0.2, 0) is 19.1 Å². The van der Waals surface area contributed by atoms with Crippen molar-refractivity contribution in [2.24, 2.45) is 11.8 Å². The average molecular weight is 309 g/mol. The molecule has 0 radical (unpaired) electrons. The first kappa shape index (κ1) is 14.4. The number of hydrogen-bond acceptors (Lipinski definition) is 4. The summed E-state index contributed by atoms with van der Waals surface area (Å²) in [6.07, 6.45) is 2.56. The van der Waals surface area contributed by atoms with Gasteiger partial charge in [-0.3, -0.25) is 4.79 Å². The fourth-order valence-electron chi connectivity index (χ4n) is 3.68. The molecule has 1 unspecified atom stereocenters. The first-order valence-electron chi connectivity index (χ1n) is 7.13. The van der Waals surface area contributed by atoms with E-state index in [0.29, 0.717) is 0 Å². The van der Waals surface area contributed by atoms with Crippen LogP contribution in [0.3, 0.4) is 0 Å². The summed E-state index contributed by atoms with van der Waals surface area (Å²) in [5.74, 6) is -1.65. The van der Waals surface area contributed by atoms with Gasteiger partial charge in [-0.25, -0.2) is 4.79 Å². The maximum atomic E-state index is 12.5. The molecule has 1 aromatic rings. The Balaban J connectivity index is 1.98. The molecule has 112 valence electrons. The molecule has 1 heterocycles. The van der Waals surface area contributed by atoms with Crippen LogP contribution >= 0.6 is 11.6 Å². The Morgan fingerprint density at radius 1 is 1.33 bits per heavy atom. The van der Waals surface area contributed by atoms with Crippen LogP contribution in [0.25, 0.3) is 0 Å². The van der Waals surface area contributed by atoms with Crippen molar-refractivity contribution in [3.05, 3.63) is 35.9 Å². The van der Waals surface area contributed by atoms with Crippen molar-refractivity contribution in [2.45, 2.75) is 30.2 Å². The Kier molecular flexibility index (Phi) is 3.66. The SMILES string of the molecule is COC(=O)C1(Cl)OC(=O)[C@H](c2ccccc2)[C@H]2CCC[C@H]21. The molecule has 1 aliphatic carbocycles. The predicted octanol–water partition coefficient (Wildman–Crippen LogP) is 2.85. The summed E-state index contributed by atoms with van der Waals surface area (Å²) in [5, 5.41) is -1.67. The van der Waals surface area contributed by atoms with Gasteiger partial charge in [0, 0.05) is 5.92 Å². The topological polar surface area (TPSA) is 52.6 Å². The van der Waals surface area contributed by atoms with E-state index in [2.05, 4.69) is 0 Å². The molecule has 1 saturated carbocycles. The largest absolute Gasteiger partial charge is 0.465 e. The molecule has 1 aliphatic heterocycles. The van der Waals surface area contributed by atoms with Gasteiger partial charge in [-0.05, 0) is 24.3 Å². The summed E-state index contributed by atoms with van der Waals surface area (Å²) >= 11 is 6.36. The van der Waals surface area contributed by atoms with E-state index in [-0.39, 0.29) is 17.8 Å². The second kappa shape index (κ2) is 5.34. The molecule has 2 fully saturated rings. The molecular weight excluding hydrogens is 292 g/mol. The van der Waals surface area contributed by atoms with Crippen LogP contribution in [0.15, 0.2) is 30.3 Å². The number of fused-ring (bicyclic) bond motifs is 1. The summed E-state index contributed by atoms with van der Waals surface area (Å²) in [5.41, 5.74) is 0.919. The molecule has 5 heteroatoms. The molecule has 0 N–H and O–H groups in total. The average Bonchev–Trinajstić information content (AvgIpc) is 2.97. The van der Waals surface area contributed by atoms with Gasteiger partial charge in [-0.2, -0.15) is 0 Å². The number of rotatable bonds is 2. The number of methoxy groups -OCH3 is 1. The highest BCUT2D eigenvalue weighted by molar-refractivity contribution is 6.34. The van der Waals surface area contributed by atoms with E-state index in [4.69, 9.17) is 21.1 Å². The maximum absolute atomic E-state index is 12.5. The Morgan fingerprint density at radius 2 is 2.05 bits per heavy atom. The van der Waals surface area contributed by atoms with Crippen LogP contribution in [0.1, 0.15) is 30.7 Å². The number of alkyl halides is 1. The highest BCUT2D eigenvalue weighted by Crippen LogP contribution is 2.53. The molecule has 1 aromatic carbocycles. The van der Waals surface area contributed by atoms with Crippen molar-refractivity contribution >= 4 is 23.5 Å². The van der Waals surface area contributed by atoms with Crippen molar-refractivity contribution < 1.29 is 19.1 Å². The number of carbonyl (C=O) groups excluding carboxylic acids is 2. The monoisotopic (exact) mass is 308 g/mol. The van der Waals surface area contributed by atoms with Crippen LogP contribution < -0.4 is 0 Å². The molecule has 0 bridgehead atoms. The number of benzene rings is 1. The van der Waals surface area contributed by atoms with Crippen molar-refractivity contribution in [3.63, 3.8) is 0 Å². The van der Waals surface area contributed by atoms with Gasteiger partial charge in [0.15, 0.2) is 0 Å². The van der Waals surface area contributed by atoms with E-state index in [1.165, 1.54) is 7.11 Å². The molecule has 21 heavy (non-hydrogen) atoms. The molecule has 0 amide bonds. The fourth-order valence-corrected chi connectivity index (χ4v) is 4.11. The Morgan fingerprint density at radius 3 is 2.71 bits per heavy atom. The van der Waals surface area contributed by atoms with Gasteiger partial charge in [-0.15, -0.1) is 0 Å². The van der Waals surface area contributed by atoms with Crippen LogP contribution in [0.5, 0.6) is 0 Å². The number of hydrogen-bond donors (Lipinski definition) is 0. The Hall–Kier alpha value is -1.55. The lowest BCUT2D eigenvalue weighted by Crippen LogP contribution is -2.53. The minimum atomic E-state index is -1.67. The van der Waals surface area contributed by atoms with E-state index in [0.717, 1.165) is 24.8 Å². The second-order valence-electron chi connectivity index (χ2n) is 5.65. The molecule has 1 saturated heterocycles. The third-order valence-electron chi connectivity index (χ3n) is 4.60.